The molecule has 0 radical (unpaired) electrons. The second kappa shape index (κ2) is 6.64. The summed E-state index contributed by atoms with van der Waals surface area (Å²) in [6.07, 6.45) is -0.578. The Kier molecular flexibility index (Phi) is 4.86. The van der Waals surface area contributed by atoms with Crippen LogP contribution in [-0.2, 0) is 0 Å². The van der Waals surface area contributed by atoms with Crippen LogP contribution in [0.1, 0.15) is 36.6 Å². The monoisotopic (exact) mass is 286 g/mol. The van der Waals surface area contributed by atoms with Crippen LogP contribution >= 0.6 is 0 Å². The number of ether oxygens (including phenoxy) is 2. The van der Waals surface area contributed by atoms with Crippen molar-refractivity contribution in [1.82, 2.24) is 0 Å². The second-order valence-corrected chi connectivity index (χ2v) is 5.38. The van der Waals surface area contributed by atoms with Crippen LogP contribution in [0.25, 0.3) is 0 Å². The Morgan fingerprint density at radius 3 is 2.24 bits per heavy atom. The van der Waals surface area contributed by atoms with Gasteiger partial charge in [-0.2, -0.15) is 0 Å². The number of aliphatic hydroxyl groups is 1. The molecule has 3 heteroatoms. The van der Waals surface area contributed by atoms with Gasteiger partial charge in [-0.05, 0) is 50.6 Å². The molecule has 0 bridgehead atoms. The van der Waals surface area contributed by atoms with E-state index in [-0.39, 0.29) is 6.10 Å². The van der Waals surface area contributed by atoms with E-state index < -0.39 is 6.10 Å². The first-order chi connectivity index (χ1) is 10.0. The van der Waals surface area contributed by atoms with Gasteiger partial charge < -0.3 is 14.6 Å². The second-order valence-electron chi connectivity index (χ2n) is 5.38. The average Bonchev–Trinajstić information content (AvgIpc) is 2.46. The molecular weight excluding hydrogens is 264 g/mol. The molecule has 0 spiro atoms. The Balaban J connectivity index is 2.27. The molecule has 2 aromatic carbocycles. The van der Waals surface area contributed by atoms with E-state index >= 15 is 0 Å². The maximum absolute atomic E-state index is 10.6. The molecule has 0 saturated heterocycles. The summed E-state index contributed by atoms with van der Waals surface area (Å²) in [5.41, 5.74) is 2.68. The van der Waals surface area contributed by atoms with Crippen molar-refractivity contribution in [2.75, 3.05) is 7.11 Å². The van der Waals surface area contributed by atoms with Gasteiger partial charge in [0.2, 0.25) is 0 Å². The zero-order valence-electron chi connectivity index (χ0n) is 13.0. The van der Waals surface area contributed by atoms with Crippen LogP contribution in [0.2, 0.25) is 0 Å². The standard InChI is InChI=1S/C18H22O3/c1-12(2)21-15-8-6-14(7-9-15)18(19)16-11-13(3)5-10-17(16)20-4/h5-12,18-19H,1-4H3. The summed E-state index contributed by atoms with van der Waals surface area (Å²) in [6, 6.07) is 13.3. The van der Waals surface area contributed by atoms with Crippen LogP contribution in [-0.4, -0.2) is 18.3 Å². The van der Waals surface area contributed by atoms with Crippen LogP contribution in [0.4, 0.5) is 0 Å². The molecular formula is C18H22O3. The van der Waals surface area contributed by atoms with Gasteiger partial charge in [0.1, 0.15) is 17.6 Å². The van der Waals surface area contributed by atoms with E-state index in [1.165, 1.54) is 0 Å². The van der Waals surface area contributed by atoms with E-state index in [9.17, 15) is 5.11 Å². The normalized spacial score (nSPS) is 12.3. The molecule has 21 heavy (non-hydrogen) atoms. The summed E-state index contributed by atoms with van der Waals surface area (Å²) >= 11 is 0. The number of hydrogen-bond acceptors (Lipinski definition) is 3. The first-order valence-electron chi connectivity index (χ1n) is 7.10. The SMILES string of the molecule is COc1ccc(C)cc1C(O)c1ccc(OC(C)C)cc1. The van der Waals surface area contributed by atoms with Crippen molar-refractivity contribution in [2.24, 2.45) is 0 Å². The van der Waals surface area contributed by atoms with Crippen molar-refractivity contribution in [3.05, 3.63) is 59.2 Å². The van der Waals surface area contributed by atoms with Gasteiger partial charge >= 0.3 is 0 Å². The van der Waals surface area contributed by atoms with Gasteiger partial charge in [-0.3, -0.25) is 0 Å². The molecule has 0 heterocycles. The van der Waals surface area contributed by atoms with Gasteiger partial charge in [0.25, 0.3) is 0 Å². The number of aliphatic hydroxyl groups excluding tert-OH is 1. The number of aryl methyl sites for hydroxylation is 1. The molecule has 112 valence electrons. The smallest absolute Gasteiger partial charge is 0.125 e. The molecule has 1 N–H and O–H groups in total. The predicted molar refractivity (Wildman–Crippen MR) is 84.0 cm³/mol. The van der Waals surface area contributed by atoms with Gasteiger partial charge in [-0.1, -0.05) is 23.8 Å². The van der Waals surface area contributed by atoms with Gasteiger partial charge in [-0.25, -0.2) is 0 Å². The Morgan fingerprint density at radius 2 is 1.67 bits per heavy atom. The van der Waals surface area contributed by atoms with Crippen molar-refractivity contribution < 1.29 is 14.6 Å². The Morgan fingerprint density at radius 1 is 1.00 bits per heavy atom. The minimum Gasteiger partial charge on any atom is -0.496 e. The molecule has 3 nitrogen and oxygen atoms in total. The molecule has 0 aliphatic rings. The Labute approximate surface area is 126 Å². The maximum Gasteiger partial charge on any atom is 0.125 e. The fraction of sp³-hybridized carbons (Fsp3) is 0.333. The van der Waals surface area contributed by atoms with E-state index in [0.717, 1.165) is 22.4 Å². The molecule has 0 saturated carbocycles. The van der Waals surface area contributed by atoms with Crippen LogP contribution in [0.5, 0.6) is 11.5 Å². The number of hydrogen-bond donors (Lipinski definition) is 1. The fourth-order valence-electron chi connectivity index (χ4n) is 2.25. The summed E-state index contributed by atoms with van der Waals surface area (Å²) in [6.45, 7) is 5.97. The quantitative estimate of drug-likeness (QED) is 0.906. The predicted octanol–water partition coefficient (Wildman–Crippen LogP) is 3.87. The van der Waals surface area contributed by atoms with Gasteiger partial charge in [-0.15, -0.1) is 0 Å². The lowest BCUT2D eigenvalue weighted by Crippen LogP contribution is -2.06. The minimum atomic E-state index is -0.715. The zero-order valence-corrected chi connectivity index (χ0v) is 13.0. The third kappa shape index (κ3) is 3.76. The largest absolute Gasteiger partial charge is 0.496 e. The minimum absolute atomic E-state index is 0.137. The van der Waals surface area contributed by atoms with E-state index in [1.807, 2.05) is 63.2 Å². The van der Waals surface area contributed by atoms with E-state index in [4.69, 9.17) is 9.47 Å². The van der Waals surface area contributed by atoms with Crippen LogP contribution in [0.3, 0.4) is 0 Å². The molecule has 2 aromatic rings. The lowest BCUT2D eigenvalue weighted by Gasteiger charge is -2.17. The molecule has 0 amide bonds. The summed E-state index contributed by atoms with van der Waals surface area (Å²) in [7, 11) is 1.61. The third-order valence-corrected chi connectivity index (χ3v) is 3.25. The molecule has 1 atom stereocenters. The molecule has 0 fully saturated rings. The highest BCUT2D eigenvalue weighted by Gasteiger charge is 2.15. The van der Waals surface area contributed by atoms with Crippen LogP contribution in [0, 0.1) is 6.92 Å². The summed E-state index contributed by atoms with van der Waals surface area (Å²) in [5.74, 6) is 1.49. The van der Waals surface area contributed by atoms with E-state index in [1.54, 1.807) is 7.11 Å². The topological polar surface area (TPSA) is 38.7 Å². The highest BCUT2D eigenvalue weighted by Crippen LogP contribution is 2.31. The van der Waals surface area contributed by atoms with Crippen LogP contribution < -0.4 is 9.47 Å². The lowest BCUT2D eigenvalue weighted by molar-refractivity contribution is 0.214. The summed E-state index contributed by atoms with van der Waals surface area (Å²) in [5, 5.41) is 10.6. The number of methoxy groups -OCH3 is 1. The zero-order chi connectivity index (χ0) is 15.4. The molecule has 0 aliphatic carbocycles. The highest BCUT2D eigenvalue weighted by molar-refractivity contribution is 5.43. The summed E-state index contributed by atoms with van der Waals surface area (Å²) in [4.78, 5) is 0. The van der Waals surface area contributed by atoms with Gasteiger partial charge in [0.15, 0.2) is 0 Å². The summed E-state index contributed by atoms with van der Waals surface area (Å²) < 4.78 is 10.9. The molecule has 2 rings (SSSR count). The third-order valence-electron chi connectivity index (χ3n) is 3.25. The van der Waals surface area contributed by atoms with Crippen molar-refractivity contribution in [1.29, 1.82) is 0 Å². The highest BCUT2D eigenvalue weighted by atomic mass is 16.5. The first kappa shape index (κ1) is 15.4. The Bertz CT molecular complexity index is 588. The van der Waals surface area contributed by atoms with Crippen molar-refractivity contribution in [3.8, 4) is 11.5 Å². The van der Waals surface area contributed by atoms with E-state index in [0.29, 0.717) is 5.75 Å². The molecule has 0 aliphatic heterocycles. The lowest BCUT2D eigenvalue weighted by atomic mass is 9.99. The molecule has 1 unspecified atom stereocenters. The van der Waals surface area contributed by atoms with Crippen molar-refractivity contribution >= 4 is 0 Å². The number of rotatable bonds is 5. The first-order valence-corrected chi connectivity index (χ1v) is 7.10. The van der Waals surface area contributed by atoms with Crippen LogP contribution in [0.15, 0.2) is 42.5 Å². The maximum atomic E-state index is 10.6. The van der Waals surface area contributed by atoms with Gasteiger partial charge in [0, 0.05) is 5.56 Å². The number of benzene rings is 2. The van der Waals surface area contributed by atoms with Gasteiger partial charge in [0.05, 0.1) is 13.2 Å². The van der Waals surface area contributed by atoms with E-state index in [2.05, 4.69) is 0 Å². The van der Waals surface area contributed by atoms with Crippen molar-refractivity contribution in [2.45, 2.75) is 33.0 Å². The average molecular weight is 286 g/mol. The van der Waals surface area contributed by atoms with Crippen molar-refractivity contribution in [3.63, 3.8) is 0 Å². The Hall–Kier alpha value is -2.00. The fourth-order valence-corrected chi connectivity index (χ4v) is 2.25. The molecule has 0 aromatic heterocycles.